The third kappa shape index (κ3) is 4.25. The molecule has 0 radical (unpaired) electrons. The fraction of sp³-hybridized carbons (Fsp3) is 0.133. The number of nitrogens with one attached hydrogen (secondary N) is 1. The van der Waals surface area contributed by atoms with Gasteiger partial charge in [0.05, 0.1) is 4.88 Å². The van der Waals surface area contributed by atoms with Crippen LogP contribution < -0.4 is 5.32 Å². The van der Waals surface area contributed by atoms with Crippen LogP contribution in [0.2, 0.25) is 0 Å². The number of carboxylic acids is 1. The van der Waals surface area contributed by atoms with E-state index < -0.39 is 5.97 Å². The van der Waals surface area contributed by atoms with Crippen molar-refractivity contribution >= 4 is 29.3 Å². The molecule has 0 aliphatic carbocycles. The molecule has 0 atom stereocenters. The fourth-order valence-corrected chi connectivity index (χ4v) is 2.69. The molecule has 21 heavy (non-hydrogen) atoms. The normalized spacial score (nSPS) is 10.7. The summed E-state index contributed by atoms with van der Waals surface area (Å²) < 4.78 is 0. The Morgan fingerprint density at radius 1 is 1.48 bits per heavy atom. The maximum Gasteiger partial charge on any atom is 0.328 e. The molecule has 1 amide bonds. The van der Waals surface area contributed by atoms with Crippen LogP contribution in [0.5, 0.6) is 0 Å². The molecule has 108 valence electrons. The van der Waals surface area contributed by atoms with Crippen molar-refractivity contribution in [3.05, 3.63) is 57.6 Å². The van der Waals surface area contributed by atoms with Crippen LogP contribution in [0.25, 0.3) is 6.08 Å². The Kier molecular flexibility index (Phi) is 4.84. The highest BCUT2D eigenvalue weighted by atomic mass is 32.1. The minimum absolute atomic E-state index is 0.179. The van der Waals surface area contributed by atoms with Gasteiger partial charge >= 0.3 is 5.97 Å². The van der Waals surface area contributed by atoms with Crippen molar-refractivity contribution < 1.29 is 14.7 Å². The van der Waals surface area contributed by atoms with Gasteiger partial charge < -0.3 is 10.4 Å². The van der Waals surface area contributed by atoms with E-state index in [2.05, 4.69) is 10.3 Å². The summed E-state index contributed by atoms with van der Waals surface area (Å²) in [6.07, 6.45) is 5.94. The van der Waals surface area contributed by atoms with E-state index in [4.69, 9.17) is 5.11 Å². The third-order valence-electron chi connectivity index (χ3n) is 2.73. The molecule has 2 heterocycles. The summed E-state index contributed by atoms with van der Waals surface area (Å²) in [7, 11) is 0. The van der Waals surface area contributed by atoms with Crippen LogP contribution in [0.15, 0.2) is 36.7 Å². The van der Waals surface area contributed by atoms with Crippen LogP contribution in [0.1, 0.15) is 25.7 Å². The van der Waals surface area contributed by atoms with E-state index in [-0.39, 0.29) is 5.91 Å². The number of carbonyl (C=O) groups is 2. The van der Waals surface area contributed by atoms with Crippen LogP contribution in [0.3, 0.4) is 0 Å². The third-order valence-corrected chi connectivity index (χ3v) is 3.93. The standard InChI is InChI=1S/C15H14N2O3S/c1-10-7-13(21-12(10)4-5-14(18)19)15(20)17-9-11-3-2-6-16-8-11/h2-8H,9H2,1H3,(H,17,20)(H,18,19)/b5-4+. The maximum atomic E-state index is 12.1. The van der Waals surface area contributed by atoms with Gasteiger partial charge in [-0.15, -0.1) is 11.3 Å². The van der Waals surface area contributed by atoms with E-state index >= 15 is 0 Å². The molecule has 0 aromatic carbocycles. The lowest BCUT2D eigenvalue weighted by molar-refractivity contribution is -0.131. The molecule has 0 unspecified atom stereocenters. The minimum Gasteiger partial charge on any atom is -0.478 e. The first-order valence-electron chi connectivity index (χ1n) is 6.25. The largest absolute Gasteiger partial charge is 0.478 e. The first-order chi connectivity index (χ1) is 10.1. The number of hydrogen-bond acceptors (Lipinski definition) is 4. The lowest BCUT2D eigenvalue weighted by atomic mass is 10.2. The van der Waals surface area contributed by atoms with E-state index in [1.54, 1.807) is 18.5 Å². The number of pyridine rings is 1. The van der Waals surface area contributed by atoms with E-state index in [0.29, 0.717) is 11.4 Å². The summed E-state index contributed by atoms with van der Waals surface area (Å²) in [5, 5.41) is 11.4. The summed E-state index contributed by atoms with van der Waals surface area (Å²) in [6, 6.07) is 5.45. The second-order valence-electron chi connectivity index (χ2n) is 4.37. The molecule has 0 saturated heterocycles. The molecule has 2 aromatic rings. The molecule has 5 nitrogen and oxygen atoms in total. The van der Waals surface area contributed by atoms with Crippen molar-refractivity contribution in [2.24, 2.45) is 0 Å². The SMILES string of the molecule is Cc1cc(C(=O)NCc2cccnc2)sc1/C=C/C(=O)O. The molecule has 6 heteroatoms. The van der Waals surface area contributed by atoms with Crippen LogP contribution in [0.4, 0.5) is 0 Å². The van der Waals surface area contributed by atoms with Gasteiger partial charge in [-0.1, -0.05) is 6.07 Å². The van der Waals surface area contributed by atoms with E-state index in [9.17, 15) is 9.59 Å². The molecular weight excluding hydrogens is 288 g/mol. The molecule has 0 bridgehead atoms. The Bertz CT molecular complexity index is 677. The van der Waals surface area contributed by atoms with E-state index in [1.807, 2.05) is 19.1 Å². The number of aryl methyl sites for hydroxylation is 1. The van der Waals surface area contributed by atoms with E-state index in [0.717, 1.165) is 22.1 Å². The second kappa shape index (κ2) is 6.81. The monoisotopic (exact) mass is 302 g/mol. The van der Waals surface area contributed by atoms with E-state index in [1.165, 1.54) is 17.4 Å². The Morgan fingerprint density at radius 2 is 2.29 bits per heavy atom. The van der Waals surface area contributed by atoms with Gasteiger partial charge in [0.2, 0.25) is 0 Å². The van der Waals surface area contributed by atoms with Gasteiger partial charge in [0, 0.05) is 29.9 Å². The van der Waals surface area contributed by atoms with Gasteiger partial charge in [-0.05, 0) is 36.3 Å². The van der Waals surface area contributed by atoms with Crippen molar-refractivity contribution in [2.45, 2.75) is 13.5 Å². The maximum absolute atomic E-state index is 12.1. The number of aromatic nitrogens is 1. The summed E-state index contributed by atoms with van der Waals surface area (Å²) in [5.74, 6) is -1.19. The first-order valence-corrected chi connectivity index (χ1v) is 7.06. The fourth-order valence-electron chi connectivity index (χ4n) is 1.69. The highest BCUT2D eigenvalue weighted by Gasteiger charge is 2.11. The van der Waals surface area contributed by atoms with Crippen molar-refractivity contribution in [3.63, 3.8) is 0 Å². The smallest absolute Gasteiger partial charge is 0.328 e. The van der Waals surface area contributed by atoms with Crippen LogP contribution >= 0.6 is 11.3 Å². The molecule has 0 aliphatic rings. The zero-order valence-electron chi connectivity index (χ0n) is 11.4. The topological polar surface area (TPSA) is 79.3 Å². The number of amides is 1. The average Bonchev–Trinajstić information content (AvgIpc) is 2.85. The molecule has 0 fully saturated rings. The number of carbonyl (C=O) groups excluding carboxylic acids is 1. The molecule has 2 N–H and O–H groups in total. The lowest BCUT2D eigenvalue weighted by Crippen LogP contribution is -2.21. The van der Waals surface area contributed by atoms with Crippen LogP contribution in [-0.2, 0) is 11.3 Å². The van der Waals surface area contributed by atoms with Crippen molar-refractivity contribution in [1.29, 1.82) is 0 Å². The zero-order chi connectivity index (χ0) is 15.2. The number of aliphatic carboxylic acids is 1. The second-order valence-corrected chi connectivity index (χ2v) is 5.46. The molecule has 2 rings (SSSR count). The Balaban J connectivity index is 2.03. The Hall–Kier alpha value is -2.47. The van der Waals surface area contributed by atoms with Crippen molar-refractivity contribution in [1.82, 2.24) is 10.3 Å². The number of rotatable bonds is 5. The Labute approximate surface area is 126 Å². The highest BCUT2D eigenvalue weighted by Crippen LogP contribution is 2.23. The van der Waals surface area contributed by atoms with Crippen LogP contribution in [0, 0.1) is 6.92 Å². The quantitative estimate of drug-likeness (QED) is 0.832. The molecule has 0 aliphatic heterocycles. The molecular formula is C15H14N2O3S. The van der Waals surface area contributed by atoms with Crippen molar-refractivity contribution in [2.75, 3.05) is 0 Å². The molecule has 0 saturated carbocycles. The lowest BCUT2D eigenvalue weighted by Gasteiger charge is -2.02. The van der Waals surface area contributed by atoms with Gasteiger partial charge in [0.15, 0.2) is 0 Å². The number of nitrogens with zero attached hydrogens (tertiary/aromatic N) is 1. The average molecular weight is 302 g/mol. The van der Waals surface area contributed by atoms with Gasteiger partial charge in [0.25, 0.3) is 5.91 Å². The van der Waals surface area contributed by atoms with Gasteiger partial charge in [0.1, 0.15) is 0 Å². The number of thiophene rings is 1. The summed E-state index contributed by atoms with van der Waals surface area (Å²) >= 11 is 1.27. The Morgan fingerprint density at radius 3 is 2.95 bits per heavy atom. The summed E-state index contributed by atoms with van der Waals surface area (Å²) in [4.78, 5) is 27.9. The van der Waals surface area contributed by atoms with Gasteiger partial charge in [-0.25, -0.2) is 4.79 Å². The van der Waals surface area contributed by atoms with Crippen molar-refractivity contribution in [3.8, 4) is 0 Å². The predicted molar refractivity (Wildman–Crippen MR) is 81.1 cm³/mol. The van der Waals surface area contributed by atoms with Crippen LogP contribution in [-0.4, -0.2) is 22.0 Å². The summed E-state index contributed by atoms with van der Waals surface area (Å²) in [5.41, 5.74) is 1.80. The molecule has 0 spiro atoms. The zero-order valence-corrected chi connectivity index (χ0v) is 12.2. The number of hydrogen-bond donors (Lipinski definition) is 2. The first kappa shape index (κ1) is 14.9. The highest BCUT2D eigenvalue weighted by molar-refractivity contribution is 7.15. The van der Waals surface area contributed by atoms with Gasteiger partial charge in [-0.2, -0.15) is 0 Å². The summed E-state index contributed by atoms with van der Waals surface area (Å²) in [6.45, 7) is 2.25. The minimum atomic E-state index is -1.01. The van der Waals surface area contributed by atoms with Gasteiger partial charge in [-0.3, -0.25) is 9.78 Å². The predicted octanol–water partition coefficient (Wildman–Crippen LogP) is 2.48. The number of carboxylic acid groups (broad SMARTS) is 1. The molecule has 2 aromatic heterocycles.